The fourth-order valence-corrected chi connectivity index (χ4v) is 5.53. The van der Waals surface area contributed by atoms with E-state index in [0.717, 1.165) is 11.5 Å². The molecule has 1 aromatic carbocycles. The normalized spacial score (nSPS) is 13.9. The standard InChI is InChI=1S/C14H21IO3Si/c1-4-19(5-2,6-3)18-9-11-7-13-14(8-12(11)15)17-10-16-13/h7-8H,4-6,9-10H2,1-3H3. The Morgan fingerprint density at radius 1 is 1.11 bits per heavy atom. The molecule has 1 aromatic rings. The van der Waals surface area contributed by atoms with E-state index in [1.165, 1.54) is 27.3 Å². The lowest BCUT2D eigenvalue weighted by molar-refractivity contribution is 0.174. The van der Waals surface area contributed by atoms with Crippen LogP contribution in [-0.4, -0.2) is 15.1 Å². The van der Waals surface area contributed by atoms with Gasteiger partial charge >= 0.3 is 0 Å². The first-order chi connectivity index (χ1) is 9.14. The molecule has 0 bridgehead atoms. The molecule has 2 rings (SSSR count). The summed E-state index contributed by atoms with van der Waals surface area (Å²) in [6.45, 7) is 7.78. The minimum Gasteiger partial charge on any atom is -0.454 e. The number of halogens is 1. The van der Waals surface area contributed by atoms with Crippen LogP contribution in [0.1, 0.15) is 26.3 Å². The average Bonchev–Trinajstić information content (AvgIpc) is 2.88. The van der Waals surface area contributed by atoms with Gasteiger partial charge in [0.1, 0.15) is 0 Å². The molecule has 106 valence electrons. The Morgan fingerprint density at radius 3 is 2.26 bits per heavy atom. The van der Waals surface area contributed by atoms with E-state index in [1.807, 2.05) is 6.07 Å². The van der Waals surface area contributed by atoms with Gasteiger partial charge in [-0.05, 0) is 58.4 Å². The highest BCUT2D eigenvalue weighted by Crippen LogP contribution is 2.36. The zero-order valence-electron chi connectivity index (χ0n) is 11.8. The topological polar surface area (TPSA) is 27.7 Å². The number of hydrogen-bond donors (Lipinski definition) is 0. The Morgan fingerprint density at radius 2 is 1.68 bits per heavy atom. The summed E-state index contributed by atoms with van der Waals surface area (Å²) in [5.74, 6) is 1.69. The Bertz CT molecular complexity index is 438. The van der Waals surface area contributed by atoms with Crippen molar-refractivity contribution in [2.24, 2.45) is 0 Å². The van der Waals surface area contributed by atoms with Crippen LogP contribution in [0.4, 0.5) is 0 Å². The lowest BCUT2D eigenvalue weighted by Gasteiger charge is -2.28. The van der Waals surface area contributed by atoms with E-state index in [0.29, 0.717) is 13.4 Å². The number of fused-ring (bicyclic) bond motifs is 1. The smallest absolute Gasteiger partial charge is 0.231 e. The molecule has 1 heterocycles. The summed E-state index contributed by atoms with van der Waals surface area (Å²) >= 11 is 2.34. The highest BCUT2D eigenvalue weighted by molar-refractivity contribution is 14.1. The van der Waals surface area contributed by atoms with Crippen LogP contribution in [0.5, 0.6) is 11.5 Å². The van der Waals surface area contributed by atoms with Gasteiger partial charge in [0.25, 0.3) is 0 Å². The zero-order valence-corrected chi connectivity index (χ0v) is 15.0. The second-order valence-corrected chi connectivity index (χ2v) is 10.8. The molecule has 19 heavy (non-hydrogen) atoms. The fourth-order valence-electron chi connectivity index (χ4n) is 2.36. The van der Waals surface area contributed by atoms with Gasteiger partial charge in [-0.1, -0.05) is 20.8 Å². The molecular formula is C14H21IO3Si. The lowest BCUT2D eigenvalue weighted by Crippen LogP contribution is -2.35. The zero-order chi connectivity index (χ0) is 13.9. The second-order valence-electron chi connectivity index (χ2n) is 4.83. The van der Waals surface area contributed by atoms with Crippen molar-refractivity contribution in [3.63, 3.8) is 0 Å². The molecule has 3 nitrogen and oxygen atoms in total. The Kier molecular flexibility index (Phi) is 5.13. The van der Waals surface area contributed by atoms with E-state index in [1.54, 1.807) is 0 Å². The molecule has 1 aliphatic rings. The summed E-state index contributed by atoms with van der Waals surface area (Å²) in [5, 5.41) is 0. The molecule has 0 radical (unpaired) electrons. The van der Waals surface area contributed by atoms with Crippen molar-refractivity contribution in [3.8, 4) is 11.5 Å². The molecule has 0 unspecified atom stereocenters. The van der Waals surface area contributed by atoms with Crippen molar-refractivity contribution in [1.82, 2.24) is 0 Å². The van der Waals surface area contributed by atoms with E-state index < -0.39 is 8.32 Å². The molecule has 0 atom stereocenters. The summed E-state index contributed by atoms with van der Waals surface area (Å²) in [6, 6.07) is 7.64. The second kappa shape index (κ2) is 6.45. The first-order valence-corrected chi connectivity index (χ1v) is 10.5. The minimum absolute atomic E-state index is 0.327. The van der Waals surface area contributed by atoms with Gasteiger partial charge in [-0.3, -0.25) is 0 Å². The third-order valence-corrected chi connectivity index (χ3v) is 9.64. The van der Waals surface area contributed by atoms with Crippen molar-refractivity contribution in [2.45, 2.75) is 45.5 Å². The van der Waals surface area contributed by atoms with Crippen LogP contribution in [-0.2, 0) is 11.0 Å². The molecule has 0 fully saturated rings. The molecule has 0 aliphatic carbocycles. The monoisotopic (exact) mass is 392 g/mol. The molecule has 0 aromatic heterocycles. The highest BCUT2D eigenvalue weighted by atomic mass is 127. The van der Waals surface area contributed by atoms with E-state index in [4.69, 9.17) is 13.9 Å². The minimum atomic E-state index is -1.52. The van der Waals surface area contributed by atoms with Gasteiger partial charge in [-0.2, -0.15) is 0 Å². The number of ether oxygens (including phenoxy) is 2. The first-order valence-electron chi connectivity index (χ1n) is 6.86. The third kappa shape index (κ3) is 3.25. The van der Waals surface area contributed by atoms with Gasteiger partial charge in [0.2, 0.25) is 6.79 Å². The summed E-state index contributed by atoms with van der Waals surface area (Å²) in [7, 11) is -1.52. The summed E-state index contributed by atoms with van der Waals surface area (Å²) < 4.78 is 18.3. The van der Waals surface area contributed by atoms with Crippen molar-refractivity contribution < 1.29 is 13.9 Å². The van der Waals surface area contributed by atoms with Crippen LogP contribution in [0.25, 0.3) is 0 Å². The largest absolute Gasteiger partial charge is 0.454 e. The van der Waals surface area contributed by atoms with Gasteiger partial charge < -0.3 is 13.9 Å². The first kappa shape index (κ1) is 15.1. The summed E-state index contributed by atoms with van der Waals surface area (Å²) in [4.78, 5) is 0. The SMILES string of the molecule is CC[Si](CC)(CC)OCc1cc2c(cc1I)OCO2. The Labute approximate surface area is 129 Å². The maximum Gasteiger partial charge on any atom is 0.231 e. The molecule has 5 heteroatoms. The Hall–Kier alpha value is -0.273. The van der Waals surface area contributed by atoms with Crippen molar-refractivity contribution >= 4 is 30.9 Å². The Balaban J connectivity index is 2.11. The summed E-state index contributed by atoms with van der Waals surface area (Å²) in [6.07, 6.45) is 0. The van der Waals surface area contributed by atoms with Crippen molar-refractivity contribution in [2.75, 3.05) is 6.79 Å². The van der Waals surface area contributed by atoms with Crippen molar-refractivity contribution in [3.05, 3.63) is 21.3 Å². The maximum absolute atomic E-state index is 6.34. The van der Waals surface area contributed by atoms with E-state index in [9.17, 15) is 0 Å². The third-order valence-electron chi connectivity index (χ3n) is 4.01. The predicted octanol–water partition coefficient (Wildman–Crippen LogP) is 4.54. The molecule has 1 aliphatic heterocycles. The average molecular weight is 392 g/mol. The molecule has 0 spiro atoms. The fraction of sp³-hybridized carbons (Fsp3) is 0.571. The van der Waals surface area contributed by atoms with Gasteiger partial charge in [-0.15, -0.1) is 0 Å². The van der Waals surface area contributed by atoms with Gasteiger partial charge in [0.05, 0.1) is 6.61 Å². The number of benzene rings is 1. The van der Waals surface area contributed by atoms with Gasteiger partial charge in [0, 0.05) is 3.57 Å². The quantitative estimate of drug-likeness (QED) is 0.526. The van der Waals surface area contributed by atoms with Gasteiger partial charge in [0.15, 0.2) is 19.8 Å². The molecular weight excluding hydrogens is 371 g/mol. The van der Waals surface area contributed by atoms with E-state index in [2.05, 4.69) is 49.4 Å². The number of hydrogen-bond acceptors (Lipinski definition) is 3. The van der Waals surface area contributed by atoms with E-state index in [-0.39, 0.29) is 0 Å². The number of rotatable bonds is 6. The van der Waals surface area contributed by atoms with Crippen LogP contribution in [0.3, 0.4) is 0 Å². The molecule has 0 amide bonds. The van der Waals surface area contributed by atoms with Crippen LogP contribution in [0.15, 0.2) is 12.1 Å². The van der Waals surface area contributed by atoms with Crippen molar-refractivity contribution in [1.29, 1.82) is 0 Å². The van der Waals surface area contributed by atoms with Crippen LogP contribution in [0.2, 0.25) is 18.1 Å². The maximum atomic E-state index is 6.34. The highest BCUT2D eigenvalue weighted by Gasteiger charge is 2.29. The molecule has 0 N–H and O–H groups in total. The van der Waals surface area contributed by atoms with Crippen LogP contribution < -0.4 is 9.47 Å². The van der Waals surface area contributed by atoms with E-state index >= 15 is 0 Å². The van der Waals surface area contributed by atoms with Crippen LogP contribution in [0, 0.1) is 3.57 Å². The predicted molar refractivity (Wildman–Crippen MR) is 87.3 cm³/mol. The lowest BCUT2D eigenvalue weighted by atomic mass is 10.2. The molecule has 0 saturated heterocycles. The van der Waals surface area contributed by atoms with Gasteiger partial charge in [-0.25, -0.2) is 0 Å². The van der Waals surface area contributed by atoms with Crippen LogP contribution >= 0.6 is 22.6 Å². The summed E-state index contributed by atoms with van der Waals surface area (Å²) in [5.41, 5.74) is 1.21. The molecule has 0 saturated carbocycles.